The van der Waals surface area contributed by atoms with Gasteiger partial charge in [0.2, 0.25) is 0 Å². The van der Waals surface area contributed by atoms with E-state index in [1.165, 1.54) is 4.57 Å². The lowest BCUT2D eigenvalue weighted by atomic mass is 10.2. The summed E-state index contributed by atoms with van der Waals surface area (Å²) in [6.45, 7) is 0. The molecule has 0 saturated heterocycles. The van der Waals surface area contributed by atoms with Crippen LogP contribution in [0.15, 0.2) is 29.1 Å². The van der Waals surface area contributed by atoms with Crippen LogP contribution in [0.5, 0.6) is 0 Å². The highest BCUT2D eigenvalue weighted by molar-refractivity contribution is 7.19. The van der Waals surface area contributed by atoms with Crippen molar-refractivity contribution in [2.45, 2.75) is 18.8 Å². The minimum absolute atomic E-state index is 0.387. The number of benzene rings is 1. The Balaban J connectivity index is 2.04. The maximum atomic E-state index is 12.7. The van der Waals surface area contributed by atoms with Gasteiger partial charge in [-0.25, -0.2) is 14.3 Å². The molecule has 1 aliphatic carbocycles. The fraction of sp³-hybridized carbons (Fsp3) is 0.294. The Morgan fingerprint density at radius 3 is 2.75 bits per heavy atom. The first-order chi connectivity index (χ1) is 11.6. The summed E-state index contributed by atoms with van der Waals surface area (Å²) in [4.78, 5) is 34.5. The molecule has 122 valence electrons. The van der Waals surface area contributed by atoms with Crippen LogP contribution in [-0.2, 0) is 0 Å². The number of rotatable bonds is 4. The molecule has 0 aliphatic heterocycles. The molecule has 0 spiro atoms. The quantitative estimate of drug-likeness (QED) is 0.683. The molecule has 7 heteroatoms. The summed E-state index contributed by atoms with van der Waals surface area (Å²) >= 11 is 1.61. The Hall–Kier alpha value is -2.54. The highest BCUT2D eigenvalue weighted by Crippen LogP contribution is 2.44. The Labute approximate surface area is 142 Å². The molecule has 0 N–H and O–H groups in total. The van der Waals surface area contributed by atoms with Gasteiger partial charge in [-0.1, -0.05) is 12.1 Å². The second kappa shape index (κ2) is 5.52. The number of nitrogens with zero attached hydrogens (tertiary/aromatic N) is 4. The van der Waals surface area contributed by atoms with Crippen molar-refractivity contribution >= 4 is 33.8 Å². The minimum Gasteiger partial charge on any atom is -0.361 e. The van der Waals surface area contributed by atoms with Crippen molar-refractivity contribution < 1.29 is 4.79 Å². The number of hydrogen-bond acceptors (Lipinski definition) is 6. The zero-order valence-electron chi connectivity index (χ0n) is 13.4. The Morgan fingerprint density at radius 2 is 2.08 bits per heavy atom. The first-order valence-corrected chi connectivity index (χ1v) is 8.56. The van der Waals surface area contributed by atoms with Crippen LogP contribution in [0.4, 0.5) is 5.82 Å². The van der Waals surface area contributed by atoms with Gasteiger partial charge < -0.3 is 4.90 Å². The van der Waals surface area contributed by atoms with E-state index < -0.39 is 0 Å². The maximum Gasteiger partial charge on any atom is 0.355 e. The van der Waals surface area contributed by atoms with Gasteiger partial charge in [0.25, 0.3) is 0 Å². The van der Waals surface area contributed by atoms with Crippen molar-refractivity contribution in [2.24, 2.45) is 0 Å². The molecule has 1 aromatic carbocycles. The smallest absolute Gasteiger partial charge is 0.355 e. The Bertz CT molecular complexity index is 1000. The fourth-order valence-electron chi connectivity index (χ4n) is 2.69. The van der Waals surface area contributed by atoms with E-state index in [0.717, 1.165) is 28.8 Å². The summed E-state index contributed by atoms with van der Waals surface area (Å²) in [6, 6.07) is 6.93. The molecule has 0 radical (unpaired) electrons. The standard InChI is InChI=1S/C17H16N4O2S/c1-20(2)14-13-15(18-16(24-13)11-6-7-11)21(17(23)19-14)12-5-3-4-10(8-12)9-22/h3-5,8-9,11H,6-7H2,1-2H3. The molecule has 1 fully saturated rings. The summed E-state index contributed by atoms with van der Waals surface area (Å²) in [5.41, 5.74) is 1.36. The third-order valence-corrected chi connectivity index (χ3v) is 5.25. The fourth-order valence-corrected chi connectivity index (χ4v) is 3.98. The van der Waals surface area contributed by atoms with E-state index >= 15 is 0 Å². The van der Waals surface area contributed by atoms with Crippen LogP contribution in [0.3, 0.4) is 0 Å². The molecule has 1 saturated carbocycles. The molecule has 2 aromatic heterocycles. The van der Waals surface area contributed by atoms with Crippen LogP contribution < -0.4 is 10.6 Å². The van der Waals surface area contributed by atoms with E-state index in [-0.39, 0.29) is 5.69 Å². The van der Waals surface area contributed by atoms with Crippen LogP contribution in [0.25, 0.3) is 16.0 Å². The second-order valence-electron chi connectivity index (χ2n) is 6.14. The van der Waals surface area contributed by atoms with Crippen LogP contribution in [0.2, 0.25) is 0 Å². The summed E-state index contributed by atoms with van der Waals surface area (Å²) in [7, 11) is 3.74. The molecule has 4 rings (SSSR count). The van der Waals surface area contributed by atoms with Crippen molar-refractivity contribution in [1.82, 2.24) is 14.5 Å². The highest BCUT2D eigenvalue weighted by Gasteiger charge is 2.29. The van der Waals surface area contributed by atoms with Crippen molar-refractivity contribution in [2.75, 3.05) is 19.0 Å². The molecule has 2 heterocycles. The molecule has 0 amide bonds. The third-order valence-electron chi connectivity index (χ3n) is 4.05. The van der Waals surface area contributed by atoms with Gasteiger partial charge in [-0.05, 0) is 25.0 Å². The number of hydrogen-bond donors (Lipinski definition) is 0. The topological polar surface area (TPSA) is 68.1 Å². The molecule has 1 aliphatic rings. The SMILES string of the molecule is CN(C)c1nc(=O)n(-c2cccc(C=O)c2)c2nc(C3CC3)sc12. The highest BCUT2D eigenvalue weighted by atomic mass is 32.1. The van der Waals surface area contributed by atoms with Crippen LogP contribution in [0, 0.1) is 0 Å². The molecule has 3 aromatic rings. The molecule has 0 atom stereocenters. The van der Waals surface area contributed by atoms with Crippen LogP contribution in [-0.4, -0.2) is 34.9 Å². The zero-order valence-corrected chi connectivity index (χ0v) is 14.2. The lowest BCUT2D eigenvalue weighted by Crippen LogP contribution is -2.25. The van der Waals surface area contributed by atoms with Gasteiger partial charge in [0.1, 0.15) is 11.0 Å². The summed E-state index contributed by atoms with van der Waals surface area (Å²) in [6.07, 6.45) is 3.06. The van der Waals surface area contributed by atoms with Crippen molar-refractivity contribution in [3.05, 3.63) is 45.3 Å². The number of aromatic nitrogens is 3. The van der Waals surface area contributed by atoms with E-state index in [0.29, 0.717) is 28.6 Å². The van der Waals surface area contributed by atoms with Gasteiger partial charge in [-0.2, -0.15) is 4.98 Å². The van der Waals surface area contributed by atoms with Crippen LogP contribution in [0.1, 0.15) is 34.1 Å². The summed E-state index contributed by atoms with van der Waals surface area (Å²) < 4.78 is 2.40. The molecule has 0 bridgehead atoms. The van der Waals surface area contributed by atoms with Crippen LogP contribution >= 0.6 is 11.3 Å². The van der Waals surface area contributed by atoms with E-state index in [1.54, 1.807) is 35.6 Å². The maximum absolute atomic E-state index is 12.7. The van der Waals surface area contributed by atoms with Gasteiger partial charge in [-0.15, -0.1) is 11.3 Å². The van der Waals surface area contributed by atoms with Gasteiger partial charge >= 0.3 is 5.69 Å². The normalized spacial score (nSPS) is 14.1. The average molecular weight is 340 g/mol. The lowest BCUT2D eigenvalue weighted by molar-refractivity contribution is 0.112. The first kappa shape index (κ1) is 15.0. The number of anilines is 1. The molecule has 24 heavy (non-hydrogen) atoms. The summed E-state index contributed by atoms with van der Waals surface area (Å²) in [5, 5.41) is 1.06. The van der Waals surface area contributed by atoms with E-state index in [9.17, 15) is 9.59 Å². The Kier molecular flexibility index (Phi) is 3.45. The first-order valence-electron chi connectivity index (χ1n) is 7.75. The summed E-state index contributed by atoms with van der Waals surface area (Å²) in [5.74, 6) is 1.14. The zero-order chi connectivity index (χ0) is 16.8. The third kappa shape index (κ3) is 2.41. The average Bonchev–Trinajstić information content (AvgIpc) is 3.33. The van der Waals surface area contributed by atoms with Gasteiger partial charge in [-0.3, -0.25) is 4.79 Å². The van der Waals surface area contributed by atoms with E-state index in [2.05, 4.69) is 4.98 Å². The number of thiazole rings is 1. The second-order valence-corrected chi connectivity index (χ2v) is 7.17. The largest absolute Gasteiger partial charge is 0.361 e. The molecular formula is C17H16N4O2S. The number of fused-ring (bicyclic) bond motifs is 1. The van der Waals surface area contributed by atoms with Crippen molar-refractivity contribution in [1.29, 1.82) is 0 Å². The minimum atomic E-state index is -0.387. The monoisotopic (exact) mass is 340 g/mol. The number of carbonyl (C=O) groups is 1. The van der Waals surface area contributed by atoms with Crippen molar-refractivity contribution in [3.8, 4) is 5.69 Å². The van der Waals surface area contributed by atoms with E-state index in [1.807, 2.05) is 19.0 Å². The predicted octanol–water partition coefficient (Wildman–Crippen LogP) is 2.60. The van der Waals surface area contributed by atoms with Gasteiger partial charge in [0, 0.05) is 25.6 Å². The predicted molar refractivity (Wildman–Crippen MR) is 94.7 cm³/mol. The Morgan fingerprint density at radius 1 is 1.29 bits per heavy atom. The molecule has 6 nitrogen and oxygen atoms in total. The van der Waals surface area contributed by atoms with E-state index in [4.69, 9.17) is 4.98 Å². The molecule has 0 unspecified atom stereocenters. The van der Waals surface area contributed by atoms with Gasteiger partial charge in [0.05, 0.1) is 10.7 Å². The molecular weight excluding hydrogens is 324 g/mol. The van der Waals surface area contributed by atoms with Gasteiger partial charge in [0.15, 0.2) is 11.5 Å². The van der Waals surface area contributed by atoms with Crippen molar-refractivity contribution in [3.63, 3.8) is 0 Å². The number of carbonyl (C=O) groups excluding carboxylic acids is 1. The lowest BCUT2D eigenvalue weighted by Gasteiger charge is -2.14. The number of aldehydes is 1.